The van der Waals surface area contributed by atoms with E-state index in [4.69, 9.17) is 9.15 Å². The Morgan fingerprint density at radius 2 is 1.95 bits per heavy atom. The summed E-state index contributed by atoms with van der Waals surface area (Å²) in [6.45, 7) is 9.64. The van der Waals surface area contributed by atoms with Crippen molar-refractivity contribution in [1.29, 1.82) is 0 Å². The van der Waals surface area contributed by atoms with Gasteiger partial charge in [0.1, 0.15) is 11.5 Å². The fraction of sp³-hybridized carbons (Fsp3) is 0.750. The van der Waals surface area contributed by atoms with Crippen molar-refractivity contribution < 1.29 is 9.15 Å². The molecule has 110 valence electrons. The third kappa shape index (κ3) is 6.79. The van der Waals surface area contributed by atoms with Crippen LogP contribution in [0.5, 0.6) is 0 Å². The maximum atomic E-state index is 5.72. The molecule has 0 aliphatic carbocycles. The molecule has 1 heterocycles. The predicted molar refractivity (Wildman–Crippen MR) is 79.2 cm³/mol. The van der Waals surface area contributed by atoms with Crippen LogP contribution in [0.15, 0.2) is 10.5 Å². The highest BCUT2D eigenvalue weighted by Gasteiger charge is 2.06. The van der Waals surface area contributed by atoms with Crippen LogP contribution >= 0.6 is 0 Å². The van der Waals surface area contributed by atoms with E-state index in [9.17, 15) is 0 Å². The van der Waals surface area contributed by atoms with Crippen LogP contribution in [-0.4, -0.2) is 13.2 Å². The zero-order valence-electron chi connectivity index (χ0n) is 12.8. The van der Waals surface area contributed by atoms with Gasteiger partial charge in [-0.3, -0.25) is 0 Å². The normalized spacial score (nSPS) is 11.1. The van der Waals surface area contributed by atoms with Gasteiger partial charge >= 0.3 is 0 Å². The smallest absolute Gasteiger partial charge is 0.118 e. The molecule has 0 bridgehead atoms. The van der Waals surface area contributed by atoms with Crippen molar-refractivity contribution in [2.24, 2.45) is 0 Å². The fourth-order valence-electron chi connectivity index (χ4n) is 2.06. The van der Waals surface area contributed by atoms with Crippen LogP contribution in [0.2, 0.25) is 0 Å². The second kappa shape index (κ2) is 10.0. The maximum absolute atomic E-state index is 5.72. The minimum absolute atomic E-state index is 0.676. The van der Waals surface area contributed by atoms with Crippen LogP contribution in [0.3, 0.4) is 0 Å². The molecule has 0 spiro atoms. The van der Waals surface area contributed by atoms with Gasteiger partial charge in [-0.2, -0.15) is 0 Å². The van der Waals surface area contributed by atoms with E-state index in [-0.39, 0.29) is 0 Å². The molecule has 0 aliphatic rings. The molecule has 1 rings (SSSR count). The number of unbranched alkanes of at least 4 members (excludes halogenated alkanes) is 4. The largest absolute Gasteiger partial charge is 0.465 e. The topological polar surface area (TPSA) is 34.4 Å². The van der Waals surface area contributed by atoms with Gasteiger partial charge < -0.3 is 14.5 Å². The lowest BCUT2D eigenvalue weighted by atomic mass is 10.2. The first-order valence-electron chi connectivity index (χ1n) is 7.64. The molecule has 1 N–H and O–H groups in total. The van der Waals surface area contributed by atoms with Gasteiger partial charge in [-0.15, -0.1) is 0 Å². The Morgan fingerprint density at radius 3 is 2.68 bits per heavy atom. The summed E-state index contributed by atoms with van der Waals surface area (Å²) in [6, 6.07) is 2.11. The highest BCUT2D eigenvalue weighted by Crippen LogP contribution is 2.16. The number of nitrogens with one attached hydrogen (secondary N) is 1. The summed E-state index contributed by atoms with van der Waals surface area (Å²) in [5.41, 5.74) is 1.18. The van der Waals surface area contributed by atoms with Gasteiger partial charge in [0.2, 0.25) is 0 Å². The summed E-state index contributed by atoms with van der Waals surface area (Å²) in [4.78, 5) is 0. The van der Waals surface area contributed by atoms with Crippen LogP contribution in [0.4, 0.5) is 0 Å². The summed E-state index contributed by atoms with van der Waals surface area (Å²) >= 11 is 0. The number of hydrogen-bond donors (Lipinski definition) is 1. The average Bonchev–Trinajstić information content (AvgIpc) is 2.76. The highest BCUT2D eigenvalue weighted by molar-refractivity contribution is 5.19. The van der Waals surface area contributed by atoms with E-state index in [1.807, 2.05) is 6.92 Å². The van der Waals surface area contributed by atoms with Crippen molar-refractivity contribution >= 4 is 0 Å². The number of furan rings is 1. The second-order valence-corrected chi connectivity index (χ2v) is 5.04. The van der Waals surface area contributed by atoms with Crippen LogP contribution in [-0.2, 0) is 17.9 Å². The molecular weight excluding hydrogens is 238 g/mol. The standard InChI is InChI=1S/C16H29NO2/c1-4-6-7-8-9-10-18-13-15-11-16(12-17-5-2)19-14(15)3/h11,17H,4-10,12-13H2,1-3H3. The molecule has 0 saturated carbocycles. The van der Waals surface area contributed by atoms with Crippen molar-refractivity contribution in [1.82, 2.24) is 5.32 Å². The van der Waals surface area contributed by atoms with Gasteiger partial charge in [0.25, 0.3) is 0 Å². The summed E-state index contributed by atoms with van der Waals surface area (Å²) < 4.78 is 11.4. The van der Waals surface area contributed by atoms with Gasteiger partial charge in [0.15, 0.2) is 0 Å². The van der Waals surface area contributed by atoms with Gasteiger partial charge in [-0.25, -0.2) is 0 Å². The van der Waals surface area contributed by atoms with E-state index in [2.05, 4.69) is 25.2 Å². The summed E-state index contributed by atoms with van der Waals surface area (Å²) in [7, 11) is 0. The Morgan fingerprint density at radius 1 is 1.16 bits per heavy atom. The van der Waals surface area contributed by atoms with Crippen molar-refractivity contribution in [3.8, 4) is 0 Å². The van der Waals surface area contributed by atoms with E-state index in [1.165, 1.54) is 37.7 Å². The minimum Gasteiger partial charge on any atom is -0.465 e. The Bertz CT molecular complexity index is 333. The molecule has 0 radical (unpaired) electrons. The Labute approximate surface area is 117 Å². The van der Waals surface area contributed by atoms with Gasteiger partial charge in [0.05, 0.1) is 13.2 Å². The Kier molecular flexibility index (Phi) is 8.59. The molecule has 1 aromatic rings. The molecule has 0 saturated heterocycles. The average molecular weight is 267 g/mol. The summed E-state index contributed by atoms with van der Waals surface area (Å²) in [5.74, 6) is 1.99. The quantitative estimate of drug-likeness (QED) is 0.611. The van der Waals surface area contributed by atoms with Crippen molar-refractivity contribution in [2.45, 2.75) is 66.0 Å². The van der Waals surface area contributed by atoms with Gasteiger partial charge in [0, 0.05) is 12.2 Å². The molecular formula is C16H29NO2. The van der Waals surface area contributed by atoms with Crippen molar-refractivity contribution in [3.05, 3.63) is 23.2 Å². The third-order valence-electron chi connectivity index (χ3n) is 3.27. The predicted octanol–water partition coefficient (Wildman–Crippen LogP) is 4.18. The molecule has 0 aliphatic heterocycles. The lowest BCUT2D eigenvalue weighted by molar-refractivity contribution is 0.116. The Hall–Kier alpha value is -0.800. The molecule has 0 fully saturated rings. The number of ether oxygens (including phenoxy) is 1. The van der Waals surface area contributed by atoms with Crippen LogP contribution in [0, 0.1) is 6.92 Å². The van der Waals surface area contributed by atoms with E-state index < -0.39 is 0 Å². The maximum Gasteiger partial charge on any atom is 0.118 e. The zero-order valence-corrected chi connectivity index (χ0v) is 12.8. The van der Waals surface area contributed by atoms with E-state index in [1.54, 1.807) is 0 Å². The number of rotatable bonds is 11. The van der Waals surface area contributed by atoms with Gasteiger partial charge in [-0.05, 0) is 26.0 Å². The summed E-state index contributed by atoms with van der Waals surface area (Å²) in [6.07, 6.45) is 6.42. The third-order valence-corrected chi connectivity index (χ3v) is 3.27. The first-order chi connectivity index (χ1) is 9.27. The molecule has 0 atom stereocenters. The first-order valence-corrected chi connectivity index (χ1v) is 7.64. The molecule has 19 heavy (non-hydrogen) atoms. The lowest BCUT2D eigenvalue weighted by Gasteiger charge is -2.03. The number of hydrogen-bond acceptors (Lipinski definition) is 3. The molecule has 3 nitrogen and oxygen atoms in total. The highest BCUT2D eigenvalue weighted by atomic mass is 16.5. The molecule has 0 amide bonds. The monoisotopic (exact) mass is 267 g/mol. The van der Waals surface area contributed by atoms with E-state index in [0.717, 1.165) is 31.2 Å². The number of aryl methyl sites for hydroxylation is 1. The minimum atomic E-state index is 0.676. The van der Waals surface area contributed by atoms with Crippen molar-refractivity contribution in [3.63, 3.8) is 0 Å². The lowest BCUT2D eigenvalue weighted by Crippen LogP contribution is -2.10. The van der Waals surface area contributed by atoms with Gasteiger partial charge in [-0.1, -0.05) is 39.5 Å². The fourth-order valence-corrected chi connectivity index (χ4v) is 2.06. The second-order valence-electron chi connectivity index (χ2n) is 5.04. The molecule has 0 aromatic carbocycles. The van der Waals surface area contributed by atoms with E-state index >= 15 is 0 Å². The molecule has 0 unspecified atom stereocenters. The Balaban J connectivity index is 2.16. The van der Waals surface area contributed by atoms with Crippen molar-refractivity contribution in [2.75, 3.05) is 13.2 Å². The van der Waals surface area contributed by atoms with Crippen LogP contribution < -0.4 is 5.32 Å². The molecule has 1 aromatic heterocycles. The SMILES string of the molecule is CCCCCCCOCc1cc(CNCC)oc1C. The molecule has 3 heteroatoms. The summed E-state index contributed by atoms with van der Waals surface area (Å²) in [5, 5.41) is 3.27. The van der Waals surface area contributed by atoms with Crippen LogP contribution in [0.25, 0.3) is 0 Å². The first kappa shape index (κ1) is 16.3. The van der Waals surface area contributed by atoms with Crippen LogP contribution in [0.1, 0.15) is 63.0 Å². The van der Waals surface area contributed by atoms with E-state index in [0.29, 0.717) is 6.61 Å². The zero-order chi connectivity index (χ0) is 13.9.